The van der Waals surface area contributed by atoms with Crippen LogP contribution >= 0.6 is 0 Å². The highest BCUT2D eigenvalue weighted by atomic mass is 16.6. The van der Waals surface area contributed by atoms with E-state index in [9.17, 15) is 24.9 Å². The fourth-order valence-corrected chi connectivity index (χ4v) is 8.66. The summed E-state index contributed by atoms with van der Waals surface area (Å²) in [6.45, 7) is 3.76. The SMILES string of the molecule is COC[C@H]1C(=O)C23CC1CC[C@H]2C12CO[C@@]3(O)[C@@H](O)[C@@H]1[C@](C)(COC(C)=O)CC[C@H]2O. The van der Waals surface area contributed by atoms with Crippen molar-refractivity contribution in [1.82, 2.24) is 0 Å². The molecule has 6 aliphatic rings. The molecule has 31 heavy (non-hydrogen) atoms. The van der Waals surface area contributed by atoms with Crippen LogP contribution in [0.3, 0.4) is 0 Å². The molecule has 6 fully saturated rings. The van der Waals surface area contributed by atoms with Crippen LogP contribution in [0.5, 0.6) is 0 Å². The predicted octanol–water partition coefficient (Wildman–Crippen LogP) is 0.654. The molecule has 0 amide bonds. The van der Waals surface area contributed by atoms with Crippen LogP contribution in [0.15, 0.2) is 0 Å². The van der Waals surface area contributed by atoms with Crippen LogP contribution < -0.4 is 0 Å². The first-order valence-corrected chi connectivity index (χ1v) is 11.5. The molecule has 8 nitrogen and oxygen atoms in total. The Hall–Kier alpha value is -1.06. The number of aliphatic hydroxyl groups excluding tert-OH is 2. The molecule has 2 spiro atoms. The topological polar surface area (TPSA) is 123 Å². The minimum Gasteiger partial charge on any atom is -0.465 e. The van der Waals surface area contributed by atoms with E-state index in [-0.39, 0.29) is 43.4 Å². The molecule has 2 saturated heterocycles. The lowest BCUT2D eigenvalue weighted by atomic mass is 9.36. The molecule has 6 rings (SSSR count). The third-order valence-electron chi connectivity index (χ3n) is 9.79. The van der Waals surface area contributed by atoms with Gasteiger partial charge in [0.15, 0.2) is 0 Å². The molecule has 4 bridgehead atoms. The third-order valence-corrected chi connectivity index (χ3v) is 9.79. The maximum absolute atomic E-state index is 13.8. The average Bonchev–Trinajstić information content (AvgIpc) is 2.93. The Morgan fingerprint density at radius 1 is 1.26 bits per heavy atom. The first-order chi connectivity index (χ1) is 14.6. The number of Topliss-reactive ketones (excluding diaryl/α,β-unsaturated/α-hetero) is 1. The zero-order valence-electron chi connectivity index (χ0n) is 18.5. The molecule has 174 valence electrons. The minimum atomic E-state index is -2.02. The highest BCUT2D eigenvalue weighted by molar-refractivity contribution is 5.92. The summed E-state index contributed by atoms with van der Waals surface area (Å²) >= 11 is 0. The van der Waals surface area contributed by atoms with Gasteiger partial charge in [0.05, 0.1) is 31.3 Å². The number of rotatable bonds is 4. The monoisotopic (exact) mass is 438 g/mol. The Morgan fingerprint density at radius 3 is 2.68 bits per heavy atom. The fourth-order valence-electron chi connectivity index (χ4n) is 8.66. The van der Waals surface area contributed by atoms with Crippen molar-refractivity contribution in [3.8, 4) is 0 Å². The van der Waals surface area contributed by atoms with Gasteiger partial charge in [0, 0.05) is 36.7 Å². The number of carbonyl (C=O) groups excluding carboxylic acids is 2. The number of carbonyl (C=O) groups is 2. The minimum absolute atomic E-state index is 0.0749. The first-order valence-electron chi connectivity index (χ1n) is 11.5. The van der Waals surface area contributed by atoms with E-state index in [0.717, 1.165) is 6.42 Å². The smallest absolute Gasteiger partial charge is 0.302 e. The molecule has 10 atom stereocenters. The number of esters is 1. The van der Waals surface area contributed by atoms with E-state index < -0.39 is 46.1 Å². The largest absolute Gasteiger partial charge is 0.465 e. The summed E-state index contributed by atoms with van der Waals surface area (Å²) in [5.41, 5.74) is -2.76. The van der Waals surface area contributed by atoms with Gasteiger partial charge in [-0.25, -0.2) is 0 Å². The van der Waals surface area contributed by atoms with Gasteiger partial charge in [-0.15, -0.1) is 0 Å². The second kappa shape index (κ2) is 6.73. The predicted molar refractivity (Wildman–Crippen MR) is 106 cm³/mol. The lowest BCUT2D eigenvalue weighted by Crippen LogP contribution is -2.84. The molecule has 8 heteroatoms. The van der Waals surface area contributed by atoms with E-state index in [4.69, 9.17) is 14.2 Å². The Balaban J connectivity index is 1.65. The van der Waals surface area contributed by atoms with Crippen molar-refractivity contribution in [2.45, 2.75) is 63.9 Å². The zero-order chi connectivity index (χ0) is 22.4. The average molecular weight is 439 g/mol. The fraction of sp³-hybridized carbons (Fsp3) is 0.913. The van der Waals surface area contributed by atoms with Gasteiger partial charge >= 0.3 is 5.97 Å². The second-order valence-electron chi connectivity index (χ2n) is 11.0. The van der Waals surface area contributed by atoms with E-state index in [2.05, 4.69) is 0 Å². The van der Waals surface area contributed by atoms with Gasteiger partial charge in [-0.1, -0.05) is 6.92 Å². The zero-order valence-corrected chi connectivity index (χ0v) is 18.5. The van der Waals surface area contributed by atoms with Gasteiger partial charge in [0.1, 0.15) is 11.9 Å². The van der Waals surface area contributed by atoms with E-state index in [1.165, 1.54) is 6.92 Å². The summed E-state index contributed by atoms with van der Waals surface area (Å²) in [4.78, 5) is 25.4. The molecule has 3 N–H and O–H groups in total. The summed E-state index contributed by atoms with van der Waals surface area (Å²) in [6, 6.07) is 0. The van der Waals surface area contributed by atoms with E-state index in [1.54, 1.807) is 7.11 Å². The Morgan fingerprint density at radius 2 is 2.00 bits per heavy atom. The molecule has 2 heterocycles. The molecule has 0 aromatic carbocycles. The van der Waals surface area contributed by atoms with Crippen molar-refractivity contribution < 1.29 is 39.1 Å². The van der Waals surface area contributed by atoms with E-state index in [0.29, 0.717) is 25.7 Å². The van der Waals surface area contributed by atoms with Crippen LogP contribution in [-0.2, 0) is 23.8 Å². The number of hydrogen-bond acceptors (Lipinski definition) is 8. The van der Waals surface area contributed by atoms with Gasteiger partial charge in [0.2, 0.25) is 5.79 Å². The van der Waals surface area contributed by atoms with Crippen molar-refractivity contribution in [2.24, 2.45) is 39.9 Å². The lowest BCUT2D eigenvalue weighted by Gasteiger charge is -2.74. The van der Waals surface area contributed by atoms with Crippen molar-refractivity contribution in [1.29, 1.82) is 0 Å². The van der Waals surface area contributed by atoms with Gasteiger partial charge in [-0.3, -0.25) is 9.59 Å². The summed E-state index contributed by atoms with van der Waals surface area (Å²) in [7, 11) is 1.57. The number of aliphatic hydroxyl groups is 3. The van der Waals surface area contributed by atoms with Crippen molar-refractivity contribution in [3.05, 3.63) is 0 Å². The summed E-state index contributed by atoms with van der Waals surface area (Å²) < 4.78 is 16.7. The van der Waals surface area contributed by atoms with Crippen LogP contribution in [0, 0.1) is 39.9 Å². The number of ether oxygens (including phenoxy) is 3. The third kappa shape index (κ3) is 2.38. The summed E-state index contributed by atoms with van der Waals surface area (Å²) in [5.74, 6) is -3.63. The Bertz CT molecular complexity index is 800. The number of fused-ring (bicyclic) bond motifs is 2. The summed E-state index contributed by atoms with van der Waals surface area (Å²) in [6.07, 6.45) is 0.830. The van der Waals surface area contributed by atoms with Crippen molar-refractivity contribution >= 4 is 11.8 Å². The highest BCUT2D eigenvalue weighted by Crippen LogP contribution is 2.76. The molecule has 4 saturated carbocycles. The molecular formula is C23H34O8. The van der Waals surface area contributed by atoms with Crippen molar-refractivity contribution in [2.75, 3.05) is 26.9 Å². The molecule has 3 unspecified atom stereocenters. The number of ketones is 1. The normalized spacial score (nSPS) is 55.0. The summed E-state index contributed by atoms with van der Waals surface area (Å²) in [5, 5.41) is 35.0. The van der Waals surface area contributed by atoms with Crippen LogP contribution in [-0.4, -0.2) is 72.0 Å². The maximum atomic E-state index is 13.8. The lowest BCUT2D eigenvalue weighted by molar-refractivity contribution is -0.450. The number of methoxy groups -OCH3 is 1. The van der Waals surface area contributed by atoms with Gasteiger partial charge < -0.3 is 29.5 Å². The van der Waals surface area contributed by atoms with Gasteiger partial charge in [-0.05, 0) is 43.9 Å². The first kappa shape index (κ1) is 21.8. The quantitative estimate of drug-likeness (QED) is 0.547. The highest BCUT2D eigenvalue weighted by Gasteiger charge is 2.85. The van der Waals surface area contributed by atoms with Crippen LogP contribution in [0.2, 0.25) is 0 Å². The maximum Gasteiger partial charge on any atom is 0.302 e. The van der Waals surface area contributed by atoms with Gasteiger partial charge in [0.25, 0.3) is 0 Å². The molecule has 0 aromatic heterocycles. The van der Waals surface area contributed by atoms with Crippen LogP contribution in [0.4, 0.5) is 0 Å². The molecule has 2 aliphatic heterocycles. The number of hydrogen-bond donors (Lipinski definition) is 3. The Labute approximate surface area is 182 Å². The Kier molecular flexibility index (Phi) is 4.73. The van der Waals surface area contributed by atoms with Crippen LogP contribution in [0.25, 0.3) is 0 Å². The molecule has 4 aliphatic carbocycles. The van der Waals surface area contributed by atoms with E-state index in [1.807, 2.05) is 6.92 Å². The second-order valence-corrected chi connectivity index (χ2v) is 11.0. The standard InChI is InChI=1S/C23H34O8/c1-12(24)30-10-20(2)7-6-16(25)21-11-31-23(28,19(27)17(20)21)22-8-13(4-5-15(21)22)14(9-29-3)18(22)26/h13-17,19,25,27-28H,4-11H2,1-3H3/t13?,14-,15+,16-,17-,19+,20+,21?,22?,23+/m1/s1. The van der Waals surface area contributed by atoms with Gasteiger partial charge in [-0.2, -0.15) is 0 Å². The molecular weight excluding hydrogens is 404 g/mol. The molecule has 0 aromatic rings. The van der Waals surface area contributed by atoms with Crippen molar-refractivity contribution in [3.63, 3.8) is 0 Å². The van der Waals surface area contributed by atoms with E-state index >= 15 is 0 Å². The molecule has 0 radical (unpaired) electrons. The van der Waals surface area contributed by atoms with Crippen LogP contribution in [0.1, 0.15) is 46.0 Å².